The molecule has 0 aliphatic carbocycles. The van der Waals surface area contributed by atoms with Gasteiger partial charge in [0.2, 0.25) is 0 Å². The Morgan fingerprint density at radius 3 is 2.43 bits per heavy atom. The van der Waals surface area contributed by atoms with Crippen molar-refractivity contribution in [2.24, 2.45) is 0 Å². The first-order chi connectivity index (χ1) is 10.2. The van der Waals surface area contributed by atoms with E-state index in [1.807, 2.05) is 18.2 Å². The normalized spacial score (nSPS) is 13.4. The highest BCUT2D eigenvalue weighted by molar-refractivity contribution is 5.29. The van der Waals surface area contributed by atoms with Crippen molar-refractivity contribution >= 4 is 0 Å². The number of hydrogen-bond donors (Lipinski definition) is 1. The van der Waals surface area contributed by atoms with Crippen molar-refractivity contribution in [1.29, 1.82) is 5.26 Å². The van der Waals surface area contributed by atoms with Gasteiger partial charge in [0.25, 0.3) is 0 Å². The Morgan fingerprint density at radius 1 is 1.14 bits per heavy atom. The van der Waals surface area contributed by atoms with Gasteiger partial charge in [0.15, 0.2) is 6.61 Å². The zero-order chi connectivity index (χ0) is 15.5. The molecule has 0 aromatic heterocycles. The molecule has 2 unspecified atom stereocenters. The molecule has 0 radical (unpaired) electrons. The molecule has 2 atom stereocenters. The lowest BCUT2D eigenvalue weighted by atomic mass is 10.0. The Morgan fingerprint density at radius 2 is 1.86 bits per heavy atom. The van der Waals surface area contributed by atoms with E-state index in [0.717, 1.165) is 5.75 Å². The summed E-state index contributed by atoms with van der Waals surface area (Å²) in [7, 11) is 0. The highest BCUT2D eigenvalue weighted by Crippen LogP contribution is 2.19. The van der Waals surface area contributed by atoms with Crippen molar-refractivity contribution in [3.8, 4) is 11.8 Å². The molecule has 0 fully saturated rings. The van der Waals surface area contributed by atoms with Gasteiger partial charge in [-0.3, -0.25) is 0 Å². The van der Waals surface area contributed by atoms with Crippen LogP contribution in [0, 0.1) is 11.3 Å². The van der Waals surface area contributed by atoms with E-state index in [1.54, 1.807) is 0 Å². The summed E-state index contributed by atoms with van der Waals surface area (Å²) in [6.45, 7) is 6.79. The molecule has 1 aromatic carbocycles. The second kappa shape index (κ2) is 10.2. The molecular formula is C18H28N2O. The minimum atomic E-state index is 0.0999. The van der Waals surface area contributed by atoms with Crippen molar-refractivity contribution in [1.82, 2.24) is 5.32 Å². The monoisotopic (exact) mass is 288 g/mol. The van der Waals surface area contributed by atoms with Gasteiger partial charge in [-0.05, 0) is 37.5 Å². The maximum atomic E-state index is 8.51. The highest BCUT2D eigenvalue weighted by atomic mass is 16.5. The molecule has 1 aromatic rings. The number of unbranched alkanes of at least 4 members (excludes halogenated alkanes) is 1. The second-order valence-corrected chi connectivity index (χ2v) is 5.53. The van der Waals surface area contributed by atoms with E-state index in [0.29, 0.717) is 12.1 Å². The molecule has 1 rings (SSSR count). The second-order valence-electron chi connectivity index (χ2n) is 5.53. The summed E-state index contributed by atoms with van der Waals surface area (Å²) in [5.41, 5.74) is 1.26. The molecule has 0 aliphatic heterocycles. The third-order valence-electron chi connectivity index (χ3n) is 3.71. The molecular weight excluding hydrogens is 260 g/mol. The van der Waals surface area contributed by atoms with Crippen molar-refractivity contribution in [3.63, 3.8) is 0 Å². The summed E-state index contributed by atoms with van der Waals surface area (Å²) < 4.78 is 5.28. The molecule has 0 saturated carbocycles. The lowest BCUT2D eigenvalue weighted by molar-refractivity contribution is 0.367. The lowest BCUT2D eigenvalue weighted by Gasteiger charge is -2.23. The summed E-state index contributed by atoms with van der Waals surface area (Å²) >= 11 is 0. The van der Waals surface area contributed by atoms with Crippen LogP contribution >= 0.6 is 0 Å². The maximum Gasteiger partial charge on any atom is 0.174 e. The minimum absolute atomic E-state index is 0.0999. The molecule has 0 saturated heterocycles. The zero-order valence-corrected chi connectivity index (χ0v) is 13.6. The molecule has 0 aliphatic rings. The summed E-state index contributed by atoms with van der Waals surface area (Å²) in [5.74, 6) is 0.753. The van der Waals surface area contributed by atoms with E-state index in [4.69, 9.17) is 10.00 Å². The topological polar surface area (TPSA) is 45.0 Å². The standard InChI is InChI=1S/C18H28N2O/c1-4-6-8-17(7-5-2)20-15(3)16-9-11-18(12-10-16)21-14-13-19/h9-12,15,17,20H,4-8,14H2,1-3H3. The first-order valence-electron chi connectivity index (χ1n) is 8.07. The quantitative estimate of drug-likeness (QED) is 0.684. The smallest absolute Gasteiger partial charge is 0.174 e. The minimum Gasteiger partial charge on any atom is -0.479 e. The average Bonchev–Trinajstić information content (AvgIpc) is 2.51. The number of nitrogens with one attached hydrogen (secondary N) is 1. The van der Waals surface area contributed by atoms with Crippen LogP contribution in [0.2, 0.25) is 0 Å². The summed E-state index contributed by atoms with van der Waals surface area (Å²) in [6, 6.07) is 10.9. The molecule has 21 heavy (non-hydrogen) atoms. The number of benzene rings is 1. The van der Waals surface area contributed by atoms with Gasteiger partial charge in [-0.1, -0.05) is 45.2 Å². The fraction of sp³-hybridized carbons (Fsp3) is 0.611. The van der Waals surface area contributed by atoms with Gasteiger partial charge in [0, 0.05) is 12.1 Å². The number of hydrogen-bond acceptors (Lipinski definition) is 3. The van der Waals surface area contributed by atoms with Crippen molar-refractivity contribution in [3.05, 3.63) is 29.8 Å². The fourth-order valence-electron chi connectivity index (χ4n) is 2.53. The van der Waals surface area contributed by atoms with E-state index in [1.165, 1.54) is 37.7 Å². The van der Waals surface area contributed by atoms with Crippen LogP contribution in [0.3, 0.4) is 0 Å². The number of ether oxygens (including phenoxy) is 1. The van der Waals surface area contributed by atoms with Crippen LogP contribution < -0.4 is 10.1 Å². The molecule has 116 valence electrons. The Bertz CT molecular complexity index is 422. The Balaban J connectivity index is 2.56. The Labute approximate surface area is 129 Å². The van der Waals surface area contributed by atoms with E-state index in [2.05, 4.69) is 38.2 Å². The van der Waals surface area contributed by atoms with E-state index in [9.17, 15) is 0 Å². The Hall–Kier alpha value is -1.53. The predicted molar refractivity (Wildman–Crippen MR) is 87.3 cm³/mol. The average molecular weight is 288 g/mol. The van der Waals surface area contributed by atoms with Gasteiger partial charge >= 0.3 is 0 Å². The number of nitriles is 1. The van der Waals surface area contributed by atoms with Crippen LogP contribution in [0.4, 0.5) is 0 Å². The predicted octanol–water partition coefficient (Wildman–Crippen LogP) is 4.60. The van der Waals surface area contributed by atoms with Crippen molar-refractivity contribution in [2.75, 3.05) is 6.61 Å². The van der Waals surface area contributed by atoms with Gasteiger partial charge in [-0.25, -0.2) is 0 Å². The van der Waals surface area contributed by atoms with Gasteiger partial charge in [0.05, 0.1) is 0 Å². The maximum absolute atomic E-state index is 8.51. The van der Waals surface area contributed by atoms with Crippen LogP contribution in [0.1, 0.15) is 64.5 Å². The first kappa shape index (κ1) is 17.5. The summed E-state index contributed by atoms with van der Waals surface area (Å²) in [6.07, 6.45) is 6.23. The molecule has 0 amide bonds. The number of nitrogens with zero attached hydrogens (tertiary/aromatic N) is 1. The van der Waals surface area contributed by atoms with Crippen LogP contribution in [-0.2, 0) is 0 Å². The third-order valence-corrected chi connectivity index (χ3v) is 3.71. The van der Waals surface area contributed by atoms with Gasteiger partial charge in [0.1, 0.15) is 11.8 Å². The summed E-state index contributed by atoms with van der Waals surface area (Å²) in [4.78, 5) is 0. The van der Waals surface area contributed by atoms with Crippen LogP contribution in [0.15, 0.2) is 24.3 Å². The number of rotatable bonds is 10. The first-order valence-corrected chi connectivity index (χ1v) is 8.07. The molecule has 0 heterocycles. The highest BCUT2D eigenvalue weighted by Gasteiger charge is 2.12. The van der Waals surface area contributed by atoms with Gasteiger partial charge in [-0.15, -0.1) is 0 Å². The van der Waals surface area contributed by atoms with Crippen LogP contribution in [0.25, 0.3) is 0 Å². The molecule has 1 N–H and O–H groups in total. The van der Waals surface area contributed by atoms with Crippen molar-refractivity contribution < 1.29 is 4.74 Å². The van der Waals surface area contributed by atoms with Crippen LogP contribution in [-0.4, -0.2) is 12.6 Å². The summed E-state index contributed by atoms with van der Waals surface area (Å²) in [5, 5.41) is 12.2. The molecule has 0 bridgehead atoms. The van der Waals surface area contributed by atoms with Gasteiger partial charge < -0.3 is 10.1 Å². The fourth-order valence-corrected chi connectivity index (χ4v) is 2.53. The largest absolute Gasteiger partial charge is 0.479 e. The molecule has 3 nitrogen and oxygen atoms in total. The van der Waals surface area contributed by atoms with E-state index in [-0.39, 0.29) is 6.61 Å². The zero-order valence-electron chi connectivity index (χ0n) is 13.6. The lowest BCUT2D eigenvalue weighted by Crippen LogP contribution is -2.31. The van der Waals surface area contributed by atoms with Crippen LogP contribution in [0.5, 0.6) is 5.75 Å². The molecule has 0 spiro atoms. The van der Waals surface area contributed by atoms with Gasteiger partial charge in [-0.2, -0.15) is 5.26 Å². The Kier molecular flexibility index (Phi) is 8.54. The SMILES string of the molecule is CCCCC(CCC)NC(C)c1ccc(OCC#N)cc1. The van der Waals surface area contributed by atoms with E-state index < -0.39 is 0 Å². The third kappa shape index (κ3) is 6.64. The van der Waals surface area contributed by atoms with Crippen molar-refractivity contribution in [2.45, 2.75) is 65.0 Å². The van der Waals surface area contributed by atoms with E-state index >= 15 is 0 Å². The molecule has 3 heteroatoms.